The lowest BCUT2D eigenvalue weighted by Crippen LogP contribution is -2.62. The Balaban J connectivity index is 1.59. The summed E-state index contributed by atoms with van der Waals surface area (Å²) in [5, 5.41) is 11.0. The minimum absolute atomic E-state index is 0.178. The van der Waals surface area contributed by atoms with Gasteiger partial charge in [0.2, 0.25) is 0 Å². The fourth-order valence-electron chi connectivity index (χ4n) is 6.40. The number of nitrogens with zero attached hydrogens (tertiary/aromatic N) is 1. The predicted molar refractivity (Wildman–Crippen MR) is 99.7 cm³/mol. The summed E-state index contributed by atoms with van der Waals surface area (Å²) >= 11 is 0. The number of aromatic hydroxyl groups is 1. The molecule has 0 aromatic heterocycles. The number of benzene rings is 1. The van der Waals surface area contributed by atoms with Gasteiger partial charge in [0, 0.05) is 36.4 Å². The third-order valence-electron chi connectivity index (χ3n) is 7.83. The van der Waals surface area contributed by atoms with Crippen molar-refractivity contribution in [2.45, 2.75) is 62.8 Å². The van der Waals surface area contributed by atoms with Crippen LogP contribution < -0.4 is 4.74 Å². The van der Waals surface area contributed by atoms with E-state index in [-0.39, 0.29) is 11.2 Å². The second-order valence-corrected chi connectivity index (χ2v) is 8.98. The molecule has 0 spiro atoms. The molecule has 2 bridgehead atoms. The number of Topliss-reactive ketones (excluding diaryl/α,β-unsaturated/α-hetero) is 1. The van der Waals surface area contributed by atoms with Crippen molar-refractivity contribution in [3.05, 3.63) is 23.3 Å². The van der Waals surface area contributed by atoms with Crippen molar-refractivity contribution in [3.8, 4) is 11.5 Å². The summed E-state index contributed by atoms with van der Waals surface area (Å²) in [7, 11) is 1.61. The maximum atomic E-state index is 12.5. The third-order valence-corrected chi connectivity index (χ3v) is 7.83. The monoisotopic (exact) mass is 355 g/mol. The maximum Gasteiger partial charge on any atom is 0.161 e. The molecule has 4 heteroatoms. The van der Waals surface area contributed by atoms with E-state index in [1.54, 1.807) is 7.11 Å². The van der Waals surface area contributed by atoms with Gasteiger partial charge in [-0.2, -0.15) is 0 Å². The summed E-state index contributed by atoms with van der Waals surface area (Å²) < 4.78 is 5.40. The summed E-state index contributed by atoms with van der Waals surface area (Å²) in [6, 6.07) is 4.55. The largest absolute Gasteiger partial charge is 0.504 e. The second-order valence-electron chi connectivity index (χ2n) is 8.98. The minimum atomic E-state index is -0.178. The number of carbonyl (C=O) groups excluding carboxylic acids is 1. The molecule has 0 amide bonds. The Hall–Kier alpha value is -1.55. The number of ketones is 1. The summed E-state index contributed by atoms with van der Waals surface area (Å²) in [6.07, 6.45) is 8.42. The molecule has 140 valence electrons. The number of hydrogen-bond donors (Lipinski definition) is 1. The number of carbonyl (C=O) groups is 1. The van der Waals surface area contributed by atoms with Crippen molar-refractivity contribution in [2.24, 2.45) is 11.8 Å². The van der Waals surface area contributed by atoms with Crippen LogP contribution in [0.15, 0.2) is 12.1 Å². The first kappa shape index (κ1) is 16.6. The Bertz CT molecular complexity index is 741. The van der Waals surface area contributed by atoms with Gasteiger partial charge in [0.25, 0.3) is 0 Å². The molecule has 3 aliphatic carbocycles. The number of hydrogen-bond acceptors (Lipinski definition) is 4. The summed E-state index contributed by atoms with van der Waals surface area (Å²) in [5.74, 6) is 2.56. The quantitative estimate of drug-likeness (QED) is 0.902. The molecule has 26 heavy (non-hydrogen) atoms. The highest BCUT2D eigenvalue weighted by Crippen LogP contribution is 2.58. The van der Waals surface area contributed by atoms with Crippen molar-refractivity contribution in [2.75, 3.05) is 20.2 Å². The average molecular weight is 355 g/mol. The molecule has 3 fully saturated rings. The zero-order valence-electron chi connectivity index (χ0n) is 15.7. The van der Waals surface area contributed by atoms with Gasteiger partial charge in [0.15, 0.2) is 11.5 Å². The van der Waals surface area contributed by atoms with Gasteiger partial charge in [-0.1, -0.05) is 12.5 Å². The number of ether oxygens (including phenoxy) is 1. The molecule has 1 saturated heterocycles. The molecule has 3 atom stereocenters. The Morgan fingerprint density at radius 1 is 1.31 bits per heavy atom. The maximum absolute atomic E-state index is 12.5. The van der Waals surface area contributed by atoms with Crippen molar-refractivity contribution < 1.29 is 14.6 Å². The Morgan fingerprint density at radius 2 is 2.15 bits per heavy atom. The van der Waals surface area contributed by atoms with Gasteiger partial charge in [0.05, 0.1) is 7.11 Å². The zero-order valence-corrected chi connectivity index (χ0v) is 15.7. The van der Waals surface area contributed by atoms with E-state index in [2.05, 4.69) is 11.0 Å². The third kappa shape index (κ3) is 2.27. The standard InChI is InChI=1S/C22H29NO3/c1-26-19-8-5-15-11-18-17-7-6-16(24)12-22(17,20(15)21(19)25)9-10-23(18)13-14-3-2-4-14/h5,8,14,17-18,25H,2-4,6-7,9-13H2,1H3/t17-,18+,22?/m1/s1. The van der Waals surface area contributed by atoms with Crippen LogP contribution in [0.4, 0.5) is 0 Å². The first-order chi connectivity index (χ1) is 12.6. The normalized spacial score (nSPS) is 34.0. The van der Waals surface area contributed by atoms with Crippen LogP contribution in [0.3, 0.4) is 0 Å². The summed E-state index contributed by atoms with van der Waals surface area (Å²) in [4.78, 5) is 15.2. The van der Waals surface area contributed by atoms with Gasteiger partial charge in [-0.3, -0.25) is 9.69 Å². The van der Waals surface area contributed by atoms with E-state index >= 15 is 0 Å². The van der Waals surface area contributed by atoms with E-state index in [4.69, 9.17) is 4.74 Å². The molecule has 1 unspecified atom stereocenters. The second kappa shape index (κ2) is 5.98. The smallest absolute Gasteiger partial charge is 0.161 e. The fourth-order valence-corrected chi connectivity index (χ4v) is 6.40. The van der Waals surface area contributed by atoms with Gasteiger partial charge < -0.3 is 9.84 Å². The molecule has 4 aliphatic rings. The topological polar surface area (TPSA) is 49.8 Å². The molecule has 0 radical (unpaired) electrons. The van der Waals surface area contributed by atoms with E-state index < -0.39 is 0 Å². The van der Waals surface area contributed by atoms with Crippen LogP contribution in [0, 0.1) is 11.8 Å². The van der Waals surface area contributed by atoms with Crippen LogP contribution in [0.2, 0.25) is 0 Å². The van der Waals surface area contributed by atoms with E-state index in [1.165, 1.54) is 31.4 Å². The van der Waals surface area contributed by atoms with Crippen LogP contribution in [-0.2, 0) is 16.6 Å². The highest BCUT2D eigenvalue weighted by Gasteiger charge is 2.57. The highest BCUT2D eigenvalue weighted by molar-refractivity contribution is 5.82. The molecule has 1 aliphatic heterocycles. The lowest BCUT2D eigenvalue weighted by atomic mass is 9.52. The predicted octanol–water partition coefficient (Wildman–Crippen LogP) is 3.44. The van der Waals surface area contributed by atoms with Crippen LogP contribution in [0.5, 0.6) is 11.5 Å². The fraction of sp³-hybridized carbons (Fsp3) is 0.682. The van der Waals surface area contributed by atoms with Crippen LogP contribution in [0.1, 0.15) is 56.1 Å². The van der Waals surface area contributed by atoms with Gasteiger partial charge in [0.1, 0.15) is 5.78 Å². The average Bonchev–Trinajstić information content (AvgIpc) is 2.59. The first-order valence-electron chi connectivity index (χ1n) is 10.3. The van der Waals surface area contributed by atoms with Gasteiger partial charge >= 0.3 is 0 Å². The van der Waals surface area contributed by atoms with Crippen LogP contribution >= 0.6 is 0 Å². The molecule has 5 rings (SSSR count). The van der Waals surface area contributed by atoms with Crippen molar-refractivity contribution in [3.63, 3.8) is 0 Å². The lowest BCUT2D eigenvalue weighted by Gasteiger charge is -2.59. The molecule has 2 saturated carbocycles. The SMILES string of the molecule is COc1ccc2c(c1O)C13CCN(CC4CCC4)[C@@H](C2)[C@H]1CCC(=O)C3. The van der Waals surface area contributed by atoms with E-state index in [0.29, 0.717) is 36.3 Å². The number of rotatable bonds is 3. The van der Waals surface area contributed by atoms with E-state index in [0.717, 1.165) is 37.3 Å². The van der Waals surface area contributed by atoms with Gasteiger partial charge in [-0.05, 0) is 62.1 Å². The van der Waals surface area contributed by atoms with Gasteiger partial charge in [-0.25, -0.2) is 0 Å². The molecular weight excluding hydrogens is 326 g/mol. The van der Waals surface area contributed by atoms with Crippen LogP contribution in [-0.4, -0.2) is 42.0 Å². The van der Waals surface area contributed by atoms with Crippen molar-refractivity contribution in [1.82, 2.24) is 4.90 Å². The van der Waals surface area contributed by atoms with Crippen LogP contribution in [0.25, 0.3) is 0 Å². The molecule has 4 nitrogen and oxygen atoms in total. The molecule has 1 aromatic rings. The Morgan fingerprint density at radius 3 is 2.88 bits per heavy atom. The number of likely N-dealkylation sites (tertiary alicyclic amines) is 1. The Labute approximate surface area is 155 Å². The van der Waals surface area contributed by atoms with Crippen molar-refractivity contribution in [1.29, 1.82) is 0 Å². The number of fused-ring (bicyclic) bond motifs is 1. The Kier molecular flexibility index (Phi) is 3.82. The first-order valence-corrected chi connectivity index (χ1v) is 10.3. The minimum Gasteiger partial charge on any atom is -0.504 e. The lowest BCUT2D eigenvalue weighted by molar-refractivity contribution is -0.127. The number of phenolic OH excluding ortho intramolecular Hbond substituents is 1. The molecular formula is C22H29NO3. The van der Waals surface area contributed by atoms with E-state index in [1.807, 2.05) is 6.07 Å². The number of phenols is 1. The van der Waals surface area contributed by atoms with E-state index in [9.17, 15) is 9.90 Å². The summed E-state index contributed by atoms with van der Waals surface area (Å²) in [5.41, 5.74) is 2.09. The zero-order chi connectivity index (χ0) is 17.9. The molecule has 1 aromatic carbocycles. The summed E-state index contributed by atoms with van der Waals surface area (Å²) in [6.45, 7) is 2.28. The van der Waals surface area contributed by atoms with Gasteiger partial charge in [-0.15, -0.1) is 0 Å². The number of methoxy groups -OCH3 is 1. The number of piperidine rings is 1. The highest BCUT2D eigenvalue weighted by atomic mass is 16.5. The van der Waals surface area contributed by atoms with Crippen molar-refractivity contribution >= 4 is 5.78 Å². The molecule has 1 heterocycles. The molecule has 1 N–H and O–H groups in total.